The SMILES string of the molecule is CCC1CCCCN1C(=O)c1cnc(N(CC)C2CCS(=O)(=O)C2)nc1. The Labute approximate surface area is 155 Å². The van der Waals surface area contributed by atoms with Gasteiger partial charge < -0.3 is 9.80 Å². The molecule has 0 radical (unpaired) electrons. The van der Waals surface area contributed by atoms with Gasteiger partial charge in [-0.1, -0.05) is 6.92 Å². The predicted molar refractivity (Wildman–Crippen MR) is 101 cm³/mol. The summed E-state index contributed by atoms with van der Waals surface area (Å²) in [4.78, 5) is 25.4. The number of piperidine rings is 1. The Kier molecular flexibility index (Phi) is 5.79. The summed E-state index contributed by atoms with van der Waals surface area (Å²) in [6, 6.07) is 0.213. The van der Waals surface area contributed by atoms with Gasteiger partial charge in [0.1, 0.15) is 0 Å². The number of carbonyl (C=O) groups excluding carboxylic acids is 1. The monoisotopic (exact) mass is 380 g/mol. The van der Waals surface area contributed by atoms with Crippen molar-refractivity contribution in [2.75, 3.05) is 29.5 Å². The first kappa shape index (κ1) is 19.1. The number of hydrogen-bond donors (Lipinski definition) is 0. The van der Waals surface area contributed by atoms with Crippen LogP contribution in [-0.2, 0) is 9.84 Å². The summed E-state index contributed by atoms with van der Waals surface area (Å²) in [7, 11) is -2.96. The molecule has 3 heterocycles. The molecule has 0 N–H and O–H groups in total. The van der Waals surface area contributed by atoms with Crippen LogP contribution >= 0.6 is 0 Å². The molecule has 2 aliphatic heterocycles. The second-order valence-electron chi connectivity index (χ2n) is 7.17. The first-order chi connectivity index (χ1) is 12.4. The van der Waals surface area contributed by atoms with Crippen LogP contribution in [0.2, 0.25) is 0 Å². The third kappa shape index (κ3) is 4.00. The van der Waals surface area contributed by atoms with E-state index in [-0.39, 0.29) is 23.5 Å². The second-order valence-corrected chi connectivity index (χ2v) is 9.40. The Bertz CT molecular complexity index is 735. The standard InChI is InChI=1S/C18H28N4O3S/c1-3-15-7-5-6-9-22(15)17(23)14-11-19-18(20-12-14)21(4-2)16-8-10-26(24,25)13-16/h11-12,15-16H,3-10,13H2,1-2H3. The van der Waals surface area contributed by atoms with Gasteiger partial charge in [0.25, 0.3) is 5.91 Å². The molecule has 2 saturated heterocycles. The van der Waals surface area contributed by atoms with E-state index < -0.39 is 9.84 Å². The molecule has 0 aromatic carbocycles. The highest BCUT2D eigenvalue weighted by Gasteiger charge is 2.33. The third-order valence-corrected chi connectivity index (χ3v) is 7.24. The molecule has 0 saturated carbocycles. The van der Waals surface area contributed by atoms with Crippen LogP contribution in [0.3, 0.4) is 0 Å². The summed E-state index contributed by atoms with van der Waals surface area (Å²) in [5.41, 5.74) is 0.504. The third-order valence-electron chi connectivity index (χ3n) is 5.49. The molecule has 0 aliphatic carbocycles. The van der Waals surface area contributed by atoms with Crippen LogP contribution < -0.4 is 4.90 Å². The molecule has 26 heavy (non-hydrogen) atoms. The summed E-state index contributed by atoms with van der Waals surface area (Å²) >= 11 is 0. The minimum Gasteiger partial charge on any atom is -0.337 e. The zero-order chi connectivity index (χ0) is 18.7. The quantitative estimate of drug-likeness (QED) is 0.776. The molecule has 0 spiro atoms. The molecular weight excluding hydrogens is 352 g/mol. The van der Waals surface area contributed by atoms with Gasteiger partial charge in [0.05, 0.1) is 17.1 Å². The van der Waals surface area contributed by atoms with Crippen LogP contribution in [0.1, 0.15) is 56.3 Å². The number of hydrogen-bond acceptors (Lipinski definition) is 6. The topological polar surface area (TPSA) is 83.5 Å². The average molecular weight is 381 g/mol. The fourth-order valence-corrected chi connectivity index (χ4v) is 5.75. The predicted octanol–water partition coefficient (Wildman–Crippen LogP) is 1.89. The Morgan fingerprint density at radius 2 is 1.96 bits per heavy atom. The van der Waals surface area contributed by atoms with Crippen molar-refractivity contribution in [3.05, 3.63) is 18.0 Å². The van der Waals surface area contributed by atoms with E-state index >= 15 is 0 Å². The highest BCUT2D eigenvalue weighted by atomic mass is 32.2. The number of carbonyl (C=O) groups is 1. The first-order valence-electron chi connectivity index (χ1n) is 9.55. The lowest BCUT2D eigenvalue weighted by Crippen LogP contribution is -2.43. The molecule has 0 bridgehead atoms. The maximum absolute atomic E-state index is 12.8. The smallest absolute Gasteiger partial charge is 0.257 e. The van der Waals surface area contributed by atoms with Crippen LogP contribution in [-0.4, -0.2) is 65.9 Å². The number of sulfone groups is 1. The molecule has 1 aromatic heterocycles. The maximum atomic E-state index is 12.8. The Hall–Kier alpha value is -1.70. The van der Waals surface area contributed by atoms with Crippen molar-refractivity contribution in [1.82, 2.24) is 14.9 Å². The number of nitrogens with zero attached hydrogens (tertiary/aromatic N) is 4. The van der Waals surface area contributed by atoms with Gasteiger partial charge in [-0.2, -0.15) is 0 Å². The number of likely N-dealkylation sites (tertiary alicyclic amines) is 1. The Morgan fingerprint density at radius 1 is 1.23 bits per heavy atom. The lowest BCUT2D eigenvalue weighted by Gasteiger charge is -2.35. The van der Waals surface area contributed by atoms with Gasteiger partial charge in [0.15, 0.2) is 9.84 Å². The van der Waals surface area contributed by atoms with Crippen molar-refractivity contribution in [3.8, 4) is 0 Å². The van der Waals surface area contributed by atoms with Crippen LogP contribution in [0, 0.1) is 0 Å². The van der Waals surface area contributed by atoms with Crippen LogP contribution in [0.25, 0.3) is 0 Å². The second kappa shape index (κ2) is 7.90. The van der Waals surface area contributed by atoms with E-state index in [1.54, 1.807) is 12.4 Å². The van der Waals surface area contributed by atoms with E-state index in [9.17, 15) is 13.2 Å². The van der Waals surface area contributed by atoms with Crippen molar-refractivity contribution < 1.29 is 13.2 Å². The van der Waals surface area contributed by atoms with E-state index in [1.807, 2.05) is 16.7 Å². The fraction of sp³-hybridized carbons (Fsp3) is 0.722. The molecule has 8 heteroatoms. The van der Waals surface area contributed by atoms with Gasteiger partial charge in [-0.15, -0.1) is 0 Å². The Morgan fingerprint density at radius 3 is 2.54 bits per heavy atom. The molecule has 2 aliphatic rings. The summed E-state index contributed by atoms with van der Waals surface area (Å²) < 4.78 is 23.5. The summed E-state index contributed by atoms with van der Waals surface area (Å²) in [5, 5.41) is 0. The molecule has 144 valence electrons. The first-order valence-corrected chi connectivity index (χ1v) is 11.4. The number of aromatic nitrogens is 2. The van der Waals surface area contributed by atoms with Gasteiger partial charge in [0, 0.05) is 37.6 Å². The average Bonchev–Trinajstić information content (AvgIpc) is 3.02. The molecule has 7 nitrogen and oxygen atoms in total. The van der Waals surface area contributed by atoms with Gasteiger partial charge in [0.2, 0.25) is 5.95 Å². The minimum absolute atomic E-state index is 0.00501. The van der Waals surface area contributed by atoms with E-state index in [0.717, 1.165) is 25.8 Å². The number of rotatable bonds is 5. The summed E-state index contributed by atoms with van der Waals surface area (Å²) in [6.07, 6.45) is 8.00. The molecule has 2 fully saturated rings. The van der Waals surface area contributed by atoms with E-state index in [4.69, 9.17) is 0 Å². The van der Waals surface area contributed by atoms with Crippen molar-refractivity contribution >= 4 is 21.7 Å². The molecule has 2 atom stereocenters. The molecule has 3 rings (SSSR count). The Balaban J connectivity index is 1.74. The molecule has 1 aromatic rings. The van der Waals surface area contributed by atoms with Crippen molar-refractivity contribution in [2.45, 2.75) is 58.0 Å². The maximum Gasteiger partial charge on any atom is 0.257 e. The number of anilines is 1. The molecule has 2 unspecified atom stereocenters. The lowest BCUT2D eigenvalue weighted by atomic mass is 9.99. The van der Waals surface area contributed by atoms with Crippen molar-refractivity contribution in [2.24, 2.45) is 0 Å². The minimum atomic E-state index is -2.96. The van der Waals surface area contributed by atoms with E-state index in [0.29, 0.717) is 30.5 Å². The molecule has 1 amide bonds. The number of amides is 1. The van der Waals surface area contributed by atoms with Crippen molar-refractivity contribution in [3.63, 3.8) is 0 Å². The fourth-order valence-electron chi connectivity index (χ4n) is 4.02. The highest BCUT2D eigenvalue weighted by molar-refractivity contribution is 7.91. The van der Waals surface area contributed by atoms with E-state index in [1.165, 1.54) is 6.42 Å². The van der Waals surface area contributed by atoms with Gasteiger partial charge in [-0.05, 0) is 39.0 Å². The summed E-state index contributed by atoms with van der Waals surface area (Å²) in [6.45, 7) is 5.51. The normalized spacial score (nSPS) is 25.2. The zero-order valence-electron chi connectivity index (χ0n) is 15.6. The highest BCUT2D eigenvalue weighted by Crippen LogP contribution is 2.23. The summed E-state index contributed by atoms with van der Waals surface area (Å²) in [5.74, 6) is 0.862. The van der Waals surface area contributed by atoms with Crippen LogP contribution in [0.5, 0.6) is 0 Å². The zero-order valence-corrected chi connectivity index (χ0v) is 16.4. The largest absolute Gasteiger partial charge is 0.337 e. The van der Waals surface area contributed by atoms with E-state index in [2.05, 4.69) is 16.9 Å². The lowest BCUT2D eigenvalue weighted by molar-refractivity contribution is 0.0607. The van der Waals surface area contributed by atoms with Crippen LogP contribution in [0.15, 0.2) is 12.4 Å². The van der Waals surface area contributed by atoms with Crippen molar-refractivity contribution in [1.29, 1.82) is 0 Å². The van der Waals surface area contributed by atoms with Crippen LogP contribution in [0.4, 0.5) is 5.95 Å². The van der Waals surface area contributed by atoms with Gasteiger partial charge in [-0.3, -0.25) is 4.79 Å². The molecular formula is C18H28N4O3S. The van der Waals surface area contributed by atoms with Gasteiger partial charge >= 0.3 is 0 Å². The van der Waals surface area contributed by atoms with Gasteiger partial charge in [-0.25, -0.2) is 18.4 Å².